The Bertz CT molecular complexity index is 462. The molecule has 4 heteroatoms. The lowest BCUT2D eigenvalue weighted by Crippen LogP contribution is -2.19. The first-order valence-electron chi connectivity index (χ1n) is 6.04. The van der Waals surface area contributed by atoms with Crippen LogP contribution in [0, 0.1) is 0 Å². The zero-order chi connectivity index (χ0) is 14.5. The Kier molecular flexibility index (Phi) is 6.01. The molecule has 19 heavy (non-hydrogen) atoms. The van der Waals surface area contributed by atoms with Gasteiger partial charge in [0.2, 0.25) is 5.12 Å². The normalized spacial score (nSPS) is 12.4. The van der Waals surface area contributed by atoms with E-state index in [9.17, 15) is 4.79 Å². The minimum absolute atomic E-state index is 0.0925. The first kappa shape index (κ1) is 16.2. The number of methoxy groups -OCH3 is 1. The quantitative estimate of drug-likeness (QED) is 0.655. The third-order valence-electron chi connectivity index (χ3n) is 2.57. The van der Waals surface area contributed by atoms with Crippen molar-refractivity contribution in [1.82, 2.24) is 0 Å². The van der Waals surface area contributed by atoms with Crippen molar-refractivity contribution >= 4 is 35.6 Å². The number of hydrogen-bond donors (Lipinski definition) is 1. The summed E-state index contributed by atoms with van der Waals surface area (Å²) in [6, 6.07) is 7.64. The van der Waals surface area contributed by atoms with Gasteiger partial charge >= 0.3 is 0 Å². The Morgan fingerprint density at radius 1 is 1.37 bits per heavy atom. The summed E-state index contributed by atoms with van der Waals surface area (Å²) in [6.45, 7) is 5.88. The number of hydrogen-bond acceptors (Lipinski definition) is 4. The number of carbonyl (C=O) groups is 1. The molecule has 0 fully saturated rings. The Balaban J connectivity index is 2.77. The molecule has 0 amide bonds. The van der Waals surface area contributed by atoms with Crippen molar-refractivity contribution in [3.8, 4) is 5.75 Å². The number of thioether (sulfide) groups is 1. The van der Waals surface area contributed by atoms with Crippen molar-refractivity contribution in [2.24, 2.45) is 0 Å². The topological polar surface area (TPSA) is 26.3 Å². The molecule has 0 bridgehead atoms. The van der Waals surface area contributed by atoms with Gasteiger partial charge in [-0.25, -0.2) is 0 Å². The van der Waals surface area contributed by atoms with Gasteiger partial charge in [0, 0.05) is 16.1 Å². The maximum Gasteiger partial charge on any atom is 0.215 e. The van der Waals surface area contributed by atoms with Gasteiger partial charge in [-0.1, -0.05) is 23.9 Å². The van der Waals surface area contributed by atoms with E-state index >= 15 is 0 Å². The highest BCUT2D eigenvalue weighted by Gasteiger charge is 2.21. The molecule has 0 spiro atoms. The molecule has 1 rings (SSSR count). The fourth-order valence-electron chi connectivity index (χ4n) is 1.37. The molecule has 0 atom stereocenters. The second-order valence-corrected chi connectivity index (χ2v) is 6.90. The van der Waals surface area contributed by atoms with E-state index in [1.807, 2.05) is 51.1 Å². The van der Waals surface area contributed by atoms with Crippen molar-refractivity contribution < 1.29 is 9.53 Å². The van der Waals surface area contributed by atoms with E-state index in [2.05, 4.69) is 12.6 Å². The van der Waals surface area contributed by atoms with Crippen LogP contribution in [0.2, 0.25) is 0 Å². The molecule has 104 valence electrons. The standard InChI is InChI=1S/C15H20O2S2/c1-11(14(16)19-15(2,3)10-18)9-12-5-7-13(17-4)8-6-12/h5-9,18H,10H2,1-4H3/b11-9+. The molecule has 0 heterocycles. The van der Waals surface area contributed by atoms with Crippen LogP contribution in [0.5, 0.6) is 5.75 Å². The molecule has 0 aliphatic heterocycles. The molecule has 0 saturated carbocycles. The summed E-state index contributed by atoms with van der Waals surface area (Å²) in [5, 5.41) is 0.0925. The fourth-order valence-corrected chi connectivity index (χ4v) is 2.35. The predicted molar refractivity (Wildman–Crippen MR) is 87.2 cm³/mol. The smallest absolute Gasteiger partial charge is 0.215 e. The van der Waals surface area contributed by atoms with Gasteiger partial charge in [-0.3, -0.25) is 4.79 Å². The van der Waals surface area contributed by atoms with Gasteiger partial charge in [0.25, 0.3) is 0 Å². The monoisotopic (exact) mass is 296 g/mol. The van der Waals surface area contributed by atoms with Crippen molar-refractivity contribution in [3.05, 3.63) is 35.4 Å². The zero-order valence-electron chi connectivity index (χ0n) is 11.8. The molecule has 0 aromatic heterocycles. The average molecular weight is 296 g/mol. The molecule has 0 aliphatic rings. The largest absolute Gasteiger partial charge is 0.497 e. The first-order chi connectivity index (χ1) is 8.88. The minimum Gasteiger partial charge on any atom is -0.497 e. The van der Waals surface area contributed by atoms with E-state index < -0.39 is 0 Å². The summed E-state index contributed by atoms with van der Waals surface area (Å²) in [4.78, 5) is 12.1. The van der Waals surface area contributed by atoms with Crippen molar-refractivity contribution in [2.45, 2.75) is 25.5 Å². The Morgan fingerprint density at radius 2 is 1.95 bits per heavy atom. The van der Waals surface area contributed by atoms with Crippen molar-refractivity contribution in [1.29, 1.82) is 0 Å². The molecule has 0 aliphatic carbocycles. The lowest BCUT2D eigenvalue weighted by Gasteiger charge is -2.19. The third kappa shape index (κ3) is 5.33. The number of rotatable bonds is 5. The lowest BCUT2D eigenvalue weighted by molar-refractivity contribution is -0.107. The Hall–Kier alpha value is -0.870. The number of carbonyl (C=O) groups excluding carboxylic acids is 1. The third-order valence-corrected chi connectivity index (χ3v) is 4.78. The Morgan fingerprint density at radius 3 is 2.42 bits per heavy atom. The van der Waals surface area contributed by atoms with Gasteiger partial charge in [0.15, 0.2) is 0 Å². The second kappa shape index (κ2) is 7.06. The van der Waals surface area contributed by atoms with Gasteiger partial charge in [0.05, 0.1) is 7.11 Å². The maximum absolute atomic E-state index is 12.1. The van der Waals surface area contributed by atoms with E-state index in [1.54, 1.807) is 7.11 Å². The predicted octanol–water partition coefficient (Wildman–Crippen LogP) is 4.07. The van der Waals surface area contributed by atoms with Gasteiger partial charge in [0.1, 0.15) is 5.75 Å². The molecule has 0 unspecified atom stereocenters. The van der Waals surface area contributed by atoms with Crippen LogP contribution in [0.15, 0.2) is 29.8 Å². The van der Waals surface area contributed by atoms with Crippen LogP contribution < -0.4 is 4.74 Å². The summed E-state index contributed by atoms with van der Waals surface area (Å²) >= 11 is 5.59. The van der Waals surface area contributed by atoms with Crippen LogP contribution in [0.4, 0.5) is 0 Å². The second-order valence-electron chi connectivity index (χ2n) is 4.91. The van der Waals surface area contributed by atoms with Crippen LogP contribution >= 0.6 is 24.4 Å². The summed E-state index contributed by atoms with van der Waals surface area (Å²) in [6.07, 6.45) is 1.89. The van der Waals surface area contributed by atoms with Crippen LogP contribution in [0.3, 0.4) is 0 Å². The highest BCUT2D eigenvalue weighted by atomic mass is 32.2. The van der Waals surface area contributed by atoms with Gasteiger partial charge in [-0.05, 0) is 44.5 Å². The van der Waals surface area contributed by atoms with Crippen LogP contribution in [0.1, 0.15) is 26.3 Å². The van der Waals surface area contributed by atoms with Crippen molar-refractivity contribution in [3.63, 3.8) is 0 Å². The molecule has 1 aromatic rings. The van der Waals surface area contributed by atoms with Crippen LogP contribution in [0.25, 0.3) is 6.08 Å². The van der Waals surface area contributed by atoms with Gasteiger partial charge < -0.3 is 4.74 Å². The summed E-state index contributed by atoms with van der Waals surface area (Å²) in [5.41, 5.74) is 1.74. The summed E-state index contributed by atoms with van der Waals surface area (Å²) in [5.74, 6) is 1.48. The Labute approximate surface area is 125 Å². The van der Waals surface area contributed by atoms with Gasteiger partial charge in [-0.2, -0.15) is 12.6 Å². The molecular weight excluding hydrogens is 276 g/mol. The number of thiol groups is 1. The SMILES string of the molecule is COc1ccc(/C=C(\C)C(=O)SC(C)(C)CS)cc1. The van der Waals surface area contributed by atoms with E-state index in [-0.39, 0.29) is 9.86 Å². The summed E-state index contributed by atoms with van der Waals surface area (Å²) in [7, 11) is 1.63. The van der Waals surface area contributed by atoms with Crippen LogP contribution in [-0.2, 0) is 4.79 Å². The van der Waals surface area contributed by atoms with E-state index in [0.29, 0.717) is 5.75 Å². The van der Waals surface area contributed by atoms with E-state index in [1.165, 1.54) is 11.8 Å². The highest BCUT2D eigenvalue weighted by Crippen LogP contribution is 2.29. The van der Waals surface area contributed by atoms with E-state index in [0.717, 1.165) is 16.9 Å². The average Bonchev–Trinajstić information content (AvgIpc) is 2.39. The highest BCUT2D eigenvalue weighted by molar-refractivity contribution is 8.15. The molecule has 2 nitrogen and oxygen atoms in total. The van der Waals surface area contributed by atoms with Gasteiger partial charge in [-0.15, -0.1) is 0 Å². The first-order valence-corrected chi connectivity index (χ1v) is 7.49. The van der Waals surface area contributed by atoms with Crippen molar-refractivity contribution in [2.75, 3.05) is 12.9 Å². The van der Waals surface area contributed by atoms with E-state index in [4.69, 9.17) is 4.74 Å². The lowest BCUT2D eigenvalue weighted by atomic mass is 10.1. The fraction of sp³-hybridized carbons (Fsp3) is 0.400. The molecule has 0 radical (unpaired) electrons. The molecule has 0 saturated heterocycles. The molecule has 0 N–H and O–H groups in total. The maximum atomic E-state index is 12.1. The molecule has 1 aromatic carbocycles. The van der Waals surface area contributed by atoms with Crippen LogP contribution in [-0.4, -0.2) is 22.7 Å². The zero-order valence-corrected chi connectivity index (χ0v) is 13.5. The number of ether oxygens (including phenoxy) is 1. The minimum atomic E-state index is -0.144. The number of benzene rings is 1. The molecular formula is C15H20O2S2. The summed E-state index contributed by atoms with van der Waals surface area (Å²) < 4.78 is 4.96.